The second-order valence-corrected chi connectivity index (χ2v) is 23.1. The van der Waals surface area contributed by atoms with Crippen LogP contribution in [0.2, 0.25) is 0 Å². The first-order chi connectivity index (χ1) is 29.8. The van der Waals surface area contributed by atoms with Crippen LogP contribution < -0.4 is 0 Å². The fourth-order valence-corrected chi connectivity index (χ4v) is 14.8. The normalized spacial score (nSPS) is 52.2. The summed E-state index contributed by atoms with van der Waals surface area (Å²) in [5.41, 5.74) is 0.240. The standard InChI is InChI=1S/C48H76O16/c1-23-32(51)37(63-39-35(54)34(53)28(22-59-39)61-24(2)49)36(55)40(60-23)64-38-33(52)27(50)21-58-41(38)62-31-13-14-45(7)29(44(31,5)6)12-15-47(9)30(45)11-10-25-26-20-43(3,4)16-18-48(26,42(56)57)19-17-46(25,47)8/h10,23,26-41,50-55H,11-22H2,1-9H3,(H,56,57)/t23-,26-,27-,28+,29-,30+,31-,32-,33-,34-,35+,36+,37+,38+,39-,40-,41-,45-,46+,47+,48-/m0/s1. The molecule has 4 saturated carbocycles. The van der Waals surface area contributed by atoms with E-state index in [-0.39, 0.29) is 58.2 Å². The van der Waals surface area contributed by atoms with Crippen molar-refractivity contribution in [3.63, 3.8) is 0 Å². The van der Waals surface area contributed by atoms with Crippen LogP contribution in [0.15, 0.2) is 11.6 Å². The molecule has 0 spiro atoms. The van der Waals surface area contributed by atoms with Crippen LogP contribution in [0.4, 0.5) is 0 Å². The molecule has 0 aromatic carbocycles. The third kappa shape index (κ3) is 7.73. The smallest absolute Gasteiger partial charge is 0.310 e. The Hall–Kier alpha value is -1.80. The number of ether oxygens (including phenoxy) is 7. The van der Waals surface area contributed by atoms with Crippen molar-refractivity contribution in [3.05, 3.63) is 11.6 Å². The summed E-state index contributed by atoms with van der Waals surface area (Å²) >= 11 is 0. The predicted molar refractivity (Wildman–Crippen MR) is 227 cm³/mol. The van der Waals surface area contributed by atoms with Crippen LogP contribution in [-0.2, 0) is 42.7 Å². The Morgan fingerprint density at radius 3 is 2.06 bits per heavy atom. The molecule has 5 aliphatic carbocycles. The summed E-state index contributed by atoms with van der Waals surface area (Å²) in [5.74, 6) is -0.639. The van der Waals surface area contributed by atoms with Crippen LogP contribution in [0, 0.1) is 50.2 Å². The van der Waals surface area contributed by atoms with Crippen LogP contribution in [0.5, 0.6) is 0 Å². The number of fused-ring (bicyclic) bond motifs is 7. The molecule has 3 aliphatic heterocycles. The van der Waals surface area contributed by atoms with Gasteiger partial charge in [-0.25, -0.2) is 0 Å². The molecule has 0 bridgehead atoms. The number of rotatable bonds is 8. The third-order valence-corrected chi connectivity index (χ3v) is 18.8. The van der Waals surface area contributed by atoms with Gasteiger partial charge < -0.3 is 68.9 Å². The number of hydrogen-bond donors (Lipinski definition) is 7. The highest BCUT2D eigenvalue weighted by Crippen LogP contribution is 2.76. The van der Waals surface area contributed by atoms with Crippen molar-refractivity contribution in [2.75, 3.05) is 13.2 Å². The molecular formula is C48H76O16. The van der Waals surface area contributed by atoms with Crippen molar-refractivity contribution in [1.82, 2.24) is 0 Å². The zero-order valence-corrected chi connectivity index (χ0v) is 39.2. The fourth-order valence-electron chi connectivity index (χ4n) is 14.8. The Kier molecular flexibility index (Phi) is 12.9. The molecule has 7 fully saturated rings. The van der Waals surface area contributed by atoms with E-state index in [1.54, 1.807) is 0 Å². The van der Waals surface area contributed by atoms with Crippen molar-refractivity contribution in [1.29, 1.82) is 0 Å². The van der Waals surface area contributed by atoms with E-state index in [2.05, 4.69) is 54.5 Å². The molecule has 8 rings (SSSR count). The molecule has 364 valence electrons. The Morgan fingerprint density at radius 2 is 1.38 bits per heavy atom. The molecule has 7 N–H and O–H groups in total. The summed E-state index contributed by atoms with van der Waals surface area (Å²) in [6, 6.07) is 0. The molecule has 0 amide bonds. The first-order valence-corrected chi connectivity index (χ1v) is 23.9. The highest BCUT2D eigenvalue weighted by atomic mass is 16.8. The number of carboxylic acid groups (broad SMARTS) is 1. The van der Waals surface area contributed by atoms with Gasteiger partial charge in [-0.1, -0.05) is 60.1 Å². The lowest BCUT2D eigenvalue weighted by atomic mass is 9.33. The quantitative estimate of drug-likeness (QED) is 0.105. The Morgan fingerprint density at radius 1 is 0.703 bits per heavy atom. The molecule has 0 unspecified atom stereocenters. The van der Waals surface area contributed by atoms with Crippen molar-refractivity contribution in [3.8, 4) is 0 Å². The van der Waals surface area contributed by atoms with Crippen LogP contribution >= 0.6 is 0 Å². The lowest BCUT2D eigenvalue weighted by Gasteiger charge is -2.71. The summed E-state index contributed by atoms with van der Waals surface area (Å²) < 4.78 is 41.5. The monoisotopic (exact) mass is 909 g/mol. The van der Waals surface area contributed by atoms with Crippen molar-refractivity contribution < 1.29 is 78.5 Å². The van der Waals surface area contributed by atoms with E-state index in [1.165, 1.54) is 12.5 Å². The summed E-state index contributed by atoms with van der Waals surface area (Å²) in [4.78, 5) is 24.6. The molecular weight excluding hydrogens is 833 g/mol. The van der Waals surface area contributed by atoms with Gasteiger partial charge in [0.1, 0.15) is 48.8 Å². The number of aliphatic hydroxyl groups is 6. The SMILES string of the molecule is CC(=O)O[C@@H]1CO[C@@H](O[C@@H]2[C@@H](O)[C@H](C)O[C@@H](O[C@H]3[C@H](O[C@H]4CC[C@]5(C)[C@H]6CC=C7[C@@H]8CC(C)(C)CC[C@]8(C(=O)O)CC[C@@]7(C)[C@]6(C)CC[C@H]5C4(C)C)OC[C@H](O)[C@@H]3O)[C@@H]2O)[C@H](O)[C@H]1O. The Balaban J connectivity index is 0.985. The lowest BCUT2D eigenvalue weighted by molar-refractivity contribution is -0.378. The van der Waals surface area contributed by atoms with Crippen LogP contribution in [0.3, 0.4) is 0 Å². The predicted octanol–water partition coefficient (Wildman–Crippen LogP) is 3.58. The van der Waals surface area contributed by atoms with Gasteiger partial charge in [-0.15, -0.1) is 0 Å². The fraction of sp³-hybridized carbons (Fsp3) is 0.917. The largest absolute Gasteiger partial charge is 0.481 e. The number of esters is 1. The summed E-state index contributed by atoms with van der Waals surface area (Å²) in [5, 5.41) is 77.0. The van der Waals surface area contributed by atoms with E-state index in [4.69, 9.17) is 33.2 Å². The van der Waals surface area contributed by atoms with Gasteiger partial charge in [0.05, 0.1) is 30.8 Å². The summed E-state index contributed by atoms with van der Waals surface area (Å²) in [6.07, 6.45) is -7.74. The minimum absolute atomic E-state index is 0.0233. The number of carbonyl (C=O) groups is 2. The number of carboxylic acids is 1. The zero-order chi connectivity index (χ0) is 46.7. The van der Waals surface area contributed by atoms with Crippen molar-refractivity contribution >= 4 is 11.9 Å². The topological polar surface area (TPSA) is 240 Å². The van der Waals surface area contributed by atoms with Gasteiger partial charge in [-0.2, -0.15) is 0 Å². The molecule has 16 heteroatoms. The molecule has 0 aromatic heterocycles. The maximum absolute atomic E-state index is 13.1. The minimum Gasteiger partial charge on any atom is -0.481 e. The summed E-state index contributed by atoms with van der Waals surface area (Å²) in [7, 11) is 0. The molecule has 0 radical (unpaired) electrons. The van der Waals surface area contributed by atoms with E-state index in [0.717, 1.165) is 58.3 Å². The van der Waals surface area contributed by atoms with Crippen LogP contribution in [0.25, 0.3) is 0 Å². The first-order valence-electron chi connectivity index (χ1n) is 23.9. The average Bonchev–Trinajstić information content (AvgIpc) is 3.21. The second-order valence-electron chi connectivity index (χ2n) is 23.1. The van der Waals surface area contributed by atoms with E-state index in [9.17, 15) is 45.3 Å². The van der Waals surface area contributed by atoms with Gasteiger partial charge in [0, 0.05) is 6.92 Å². The second kappa shape index (κ2) is 17.0. The first kappa shape index (κ1) is 48.6. The van der Waals surface area contributed by atoms with Gasteiger partial charge in [-0.3, -0.25) is 9.59 Å². The number of aliphatic hydroxyl groups excluding tert-OH is 6. The Bertz CT molecular complexity index is 1790. The molecule has 64 heavy (non-hydrogen) atoms. The molecule has 8 aliphatic rings. The number of aliphatic carboxylic acids is 1. The van der Waals surface area contributed by atoms with E-state index in [0.29, 0.717) is 18.8 Å². The third-order valence-electron chi connectivity index (χ3n) is 18.8. The average molecular weight is 909 g/mol. The molecule has 0 aromatic rings. The Labute approximate surface area is 377 Å². The van der Waals surface area contributed by atoms with E-state index < -0.39 is 97.3 Å². The van der Waals surface area contributed by atoms with Gasteiger partial charge in [-0.05, 0) is 116 Å². The molecule has 3 saturated heterocycles. The van der Waals surface area contributed by atoms with Gasteiger partial charge in [0.2, 0.25) is 0 Å². The molecule has 16 nitrogen and oxygen atoms in total. The molecule has 3 heterocycles. The lowest BCUT2D eigenvalue weighted by Crippen LogP contribution is -2.66. The number of carbonyl (C=O) groups excluding carboxylic acids is 1. The minimum atomic E-state index is -1.72. The highest BCUT2D eigenvalue weighted by Gasteiger charge is 2.70. The number of hydrogen-bond acceptors (Lipinski definition) is 15. The van der Waals surface area contributed by atoms with E-state index >= 15 is 0 Å². The summed E-state index contributed by atoms with van der Waals surface area (Å²) in [6.45, 7) is 18.6. The van der Waals surface area contributed by atoms with Crippen LogP contribution in [-0.4, -0.2) is 147 Å². The van der Waals surface area contributed by atoms with Gasteiger partial charge in [0.15, 0.2) is 25.0 Å². The van der Waals surface area contributed by atoms with Crippen molar-refractivity contribution in [2.45, 2.75) is 213 Å². The van der Waals surface area contributed by atoms with Gasteiger partial charge in [0.25, 0.3) is 0 Å². The maximum Gasteiger partial charge on any atom is 0.310 e. The van der Waals surface area contributed by atoms with Crippen molar-refractivity contribution in [2.24, 2.45) is 50.2 Å². The zero-order valence-electron chi connectivity index (χ0n) is 39.2. The highest BCUT2D eigenvalue weighted by molar-refractivity contribution is 5.76. The van der Waals surface area contributed by atoms with Crippen LogP contribution in [0.1, 0.15) is 127 Å². The number of allylic oxidation sites excluding steroid dienone is 2. The van der Waals surface area contributed by atoms with E-state index in [1.807, 2.05) is 0 Å². The molecule has 21 atom stereocenters. The van der Waals surface area contributed by atoms with Gasteiger partial charge >= 0.3 is 11.9 Å². The maximum atomic E-state index is 13.1.